The highest BCUT2D eigenvalue weighted by Crippen LogP contribution is 2.31. The number of ether oxygens (including phenoxy) is 2. The monoisotopic (exact) mass is 322 g/mol. The molecule has 0 unspecified atom stereocenters. The van der Waals surface area contributed by atoms with E-state index in [1.165, 1.54) is 6.26 Å². The first-order valence-corrected chi connectivity index (χ1v) is 7.98. The van der Waals surface area contributed by atoms with Crippen molar-refractivity contribution in [3.05, 3.63) is 23.7 Å². The summed E-state index contributed by atoms with van der Waals surface area (Å²) in [7, 11) is 0. The van der Waals surface area contributed by atoms with E-state index in [4.69, 9.17) is 13.9 Å². The molecule has 1 spiro atoms. The van der Waals surface area contributed by atoms with Gasteiger partial charge in [0.05, 0.1) is 25.0 Å². The second kappa shape index (κ2) is 6.72. The summed E-state index contributed by atoms with van der Waals surface area (Å²) >= 11 is 0. The van der Waals surface area contributed by atoms with Crippen LogP contribution in [0.25, 0.3) is 0 Å². The van der Waals surface area contributed by atoms with Crippen molar-refractivity contribution in [2.75, 3.05) is 32.8 Å². The number of hydrogen-bond acceptors (Lipinski definition) is 5. The van der Waals surface area contributed by atoms with Crippen molar-refractivity contribution < 1.29 is 23.5 Å². The van der Waals surface area contributed by atoms with Crippen LogP contribution in [0.15, 0.2) is 16.7 Å². The standard InChI is InChI=1S/C16H22N2O5/c1-12-13(3-9-21-12)15(20)17-6-2-14(19)18-7-4-16(5-8-18)22-10-11-23-16/h3,9H,2,4-8,10-11H2,1H3,(H,17,20). The first kappa shape index (κ1) is 16.0. The Labute approximate surface area is 134 Å². The van der Waals surface area contributed by atoms with Gasteiger partial charge in [-0.3, -0.25) is 9.59 Å². The Kier molecular flexibility index (Phi) is 4.68. The molecule has 1 aromatic heterocycles. The molecular weight excluding hydrogens is 300 g/mol. The molecule has 1 N–H and O–H groups in total. The lowest BCUT2D eigenvalue weighted by Crippen LogP contribution is -2.47. The summed E-state index contributed by atoms with van der Waals surface area (Å²) in [5.41, 5.74) is 0.507. The molecule has 1 aromatic rings. The number of carbonyl (C=O) groups excluding carboxylic acids is 2. The highest BCUT2D eigenvalue weighted by atomic mass is 16.7. The van der Waals surface area contributed by atoms with Crippen LogP contribution in [0, 0.1) is 6.92 Å². The van der Waals surface area contributed by atoms with Crippen LogP contribution >= 0.6 is 0 Å². The van der Waals surface area contributed by atoms with E-state index in [-0.39, 0.29) is 18.2 Å². The molecule has 23 heavy (non-hydrogen) atoms. The molecule has 2 fully saturated rings. The van der Waals surface area contributed by atoms with Crippen molar-refractivity contribution in [2.45, 2.75) is 32.0 Å². The average molecular weight is 322 g/mol. The number of hydrogen-bond donors (Lipinski definition) is 1. The first-order valence-electron chi connectivity index (χ1n) is 7.98. The van der Waals surface area contributed by atoms with Gasteiger partial charge in [-0.05, 0) is 13.0 Å². The minimum atomic E-state index is -0.468. The predicted molar refractivity (Wildman–Crippen MR) is 80.8 cm³/mol. The summed E-state index contributed by atoms with van der Waals surface area (Å²) in [5, 5.41) is 2.75. The quantitative estimate of drug-likeness (QED) is 0.897. The highest BCUT2D eigenvalue weighted by Gasteiger charge is 2.40. The molecule has 3 heterocycles. The summed E-state index contributed by atoms with van der Waals surface area (Å²) in [6.45, 7) is 4.58. The van der Waals surface area contributed by atoms with Gasteiger partial charge in [0, 0.05) is 38.9 Å². The Morgan fingerprint density at radius 2 is 1.96 bits per heavy atom. The van der Waals surface area contributed by atoms with Crippen LogP contribution in [0.5, 0.6) is 0 Å². The molecule has 2 saturated heterocycles. The lowest BCUT2D eigenvalue weighted by Gasteiger charge is -2.37. The molecule has 3 rings (SSSR count). The van der Waals surface area contributed by atoms with Gasteiger partial charge >= 0.3 is 0 Å². The van der Waals surface area contributed by atoms with Gasteiger partial charge in [0.2, 0.25) is 5.91 Å². The van der Waals surface area contributed by atoms with Gasteiger partial charge in [0.1, 0.15) is 5.76 Å². The summed E-state index contributed by atoms with van der Waals surface area (Å²) in [5.74, 6) is -0.0627. The van der Waals surface area contributed by atoms with Crippen LogP contribution in [-0.2, 0) is 14.3 Å². The third-order valence-corrected chi connectivity index (χ3v) is 4.42. The van der Waals surface area contributed by atoms with Gasteiger partial charge in [-0.25, -0.2) is 0 Å². The Bertz CT molecular complexity index is 567. The maximum atomic E-state index is 12.2. The predicted octanol–water partition coefficient (Wildman–Crippen LogP) is 1.07. The molecule has 2 amide bonds. The van der Waals surface area contributed by atoms with Crippen molar-refractivity contribution in [2.24, 2.45) is 0 Å². The van der Waals surface area contributed by atoms with E-state index >= 15 is 0 Å². The lowest BCUT2D eigenvalue weighted by atomic mass is 10.0. The van der Waals surface area contributed by atoms with Crippen LogP contribution in [0.1, 0.15) is 35.4 Å². The van der Waals surface area contributed by atoms with Crippen LogP contribution in [0.4, 0.5) is 0 Å². The first-order chi connectivity index (χ1) is 11.1. The molecule has 7 heteroatoms. The third kappa shape index (κ3) is 3.56. The number of aryl methyl sites for hydroxylation is 1. The van der Waals surface area contributed by atoms with E-state index in [0.717, 1.165) is 0 Å². The minimum Gasteiger partial charge on any atom is -0.469 e. The number of likely N-dealkylation sites (tertiary alicyclic amines) is 1. The number of furan rings is 1. The van der Waals surface area contributed by atoms with Gasteiger partial charge in [-0.1, -0.05) is 0 Å². The Balaban J connectivity index is 1.40. The molecule has 0 saturated carbocycles. The fourth-order valence-electron chi connectivity index (χ4n) is 3.04. The van der Waals surface area contributed by atoms with E-state index in [1.54, 1.807) is 13.0 Å². The maximum absolute atomic E-state index is 12.2. The molecule has 0 radical (unpaired) electrons. The molecule has 2 aliphatic heterocycles. The molecular formula is C16H22N2O5. The molecule has 0 bridgehead atoms. The summed E-state index contributed by atoms with van der Waals surface area (Å²) in [6, 6.07) is 1.62. The average Bonchev–Trinajstić information content (AvgIpc) is 3.17. The van der Waals surface area contributed by atoms with Crippen molar-refractivity contribution in [3.63, 3.8) is 0 Å². The van der Waals surface area contributed by atoms with Crippen LogP contribution in [0.3, 0.4) is 0 Å². The second-order valence-corrected chi connectivity index (χ2v) is 5.88. The minimum absolute atomic E-state index is 0.0436. The molecule has 0 aromatic carbocycles. The maximum Gasteiger partial charge on any atom is 0.254 e. The Morgan fingerprint density at radius 3 is 2.57 bits per heavy atom. The van der Waals surface area contributed by atoms with Crippen molar-refractivity contribution in [3.8, 4) is 0 Å². The number of amides is 2. The number of piperidine rings is 1. The molecule has 126 valence electrons. The zero-order valence-electron chi connectivity index (χ0n) is 13.3. The normalized spacial score (nSPS) is 20.0. The molecule has 0 aliphatic carbocycles. The highest BCUT2D eigenvalue weighted by molar-refractivity contribution is 5.95. The summed E-state index contributed by atoms with van der Waals surface area (Å²) < 4.78 is 16.4. The van der Waals surface area contributed by atoms with E-state index < -0.39 is 5.79 Å². The fourth-order valence-corrected chi connectivity index (χ4v) is 3.04. The zero-order chi connectivity index (χ0) is 16.3. The molecule has 7 nitrogen and oxygen atoms in total. The van der Waals surface area contributed by atoms with Crippen molar-refractivity contribution in [1.82, 2.24) is 10.2 Å². The van der Waals surface area contributed by atoms with E-state index in [0.29, 0.717) is 57.0 Å². The Morgan fingerprint density at radius 1 is 1.26 bits per heavy atom. The van der Waals surface area contributed by atoms with Crippen LogP contribution in [-0.4, -0.2) is 55.3 Å². The van der Waals surface area contributed by atoms with Gasteiger partial charge in [-0.15, -0.1) is 0 Å². The third-order valence-electron chi connectivity index (χ3n) is 4.42. The van der Waals surface area contributed by atoms with Crippen LogP contribution in [0.2, 0.25) is 0 Å². The number of nitrogens with one attached hydrogen (secondary N) is 1. The SMILES string of the molecule is Cc1occc1C(=O)NCCC(=O)N1CCC2(CC1)OCCO2. The summed E-state index contributed by atoms with van der Waals surface area (Å²) in [4.78, 5) is 25.9. The van der Waals surface area contributed by atoms with Crippen molar-refractivity contribution >= 4 is 11.8 Å². The smallest absolute Gasteiger partial charge is 0.254 e. The van der Waals surface area contributed by atoms with Gasteiger partial charge < -0.3 is 24.1 Å². The van der Waals surface area contributed by atoms with Crippen LogP contribution < -0.4 is 5.32 Å². The lowest BCUT2D eigenvalue weighted by molar-refractivity contribution is -0.187. The molecule has 0 atom stereocenters. The fraction of sp³-hybridized carbons (Fsp3) is 0.625. The van der Waals surface area contributed by atoms with Gasteiger partial charge in [-0.2, -0.15) is 0 Å². The topological polar surface area (TPSA) is 81.0 Å². The number of carbonyl (C=O) groups is 2. The number of nitrogens with zero attached hydrogens (tertiary/aromatic N) is 1. The van der Waals surface area contributed by atoms with E-state index in [2.05, 4.69) is 5.32 Å². The summed E-state index contributed by atoms with van der Waals surface area (Å²) in [6.07, 6.45) is 3.18. The van der Waals surface area contributed by atoms with E-state index in [1.807, 2.05) is 4.90 Å². The zero-order valence-corrected chi connectivity index (χ0v) is 13.3. The Hall–Kier alpha value is -1.86. The molecule has 2 aliphatic rings. The van der Waals surface area contributed by atoms with Crippen molar-refractivity contribution in [1.29, 1.82) is 0 Å². The second-order valence-electron chi connectivity index (χ2n) is 5.88. The number of rotatable bonds is 4. The van der Waals surface area contributed by atoms with Gasteiger partial charge in [0.25, 0.3) is 5.91 Å². The largest absolute Gasteiger partial charge is 0.469 e. The van der Waals surface area contributed by atoms with E-state index in [9.17, 15) is 9.59 Å². The van der Waals surface area contributed by atoms with Gasteiger partial charge in [0.15, 0.2) is 5.79 Å².